The van der Waals surface area contributed by atoms with Crippen LogP contribution in [0.5, 0.6) is 0 Å². The molecule has 2 aromatic rings. The monoisotopic (exact) mass is 536 g/mol. The molecule has 0 saturated heterocycles. The molecule has 0 radical (unpaired) electrons. The molecule has 1 aromatic heterocycles. The number of aliphatic hydroxyl groups is 1. The maximum Gasteiger partial charge on any atom is 0.326 e. The normalized spacial score (nSPS) is 15.3. The second-order valence-electron chi connectivity index (χ2n) is 8.82. The molecule has 12 nitrogen and oxygen atoms in total. The number of nitrogens with two attached hydrogens (primary N) is 2. The zero-order valence-corrected chi connectivity index (χ0v) is 21.5. The number of para-hydroxylation sites is 1. The minimum atomic E-state index is -1.38. The average Bonchev–Trinajstić information content (AvgIpc) is 3.27. The van der Waals surface area contributed by atoms with E-state index >= 15 is 0 Å². The molecule has 5 atom stereocenters. The summed E-state index contributed by atoms with van der Waals surface area (Å²) in [5.74, 6) is -3.65. The quantitative estimate of drug-likeness (QED) is 0.102. The number of hydrogen-bond acceptors (Lipinski definition) is 8. The summed E-state index contributed by atoms with van der Waals surface area (Å²) >= 11 is 4.10. The van der Waals surface area contributed by atoms with Crippen LogP contribution in [0.3, 0.4) is 0 Å². The van der Waals surface area contributed by atoms with Gasteiger partial charge < -0.3 is 42.6 Å². The molecule has 204 valence electrons. The van der Waals surface area contributed by atoms with E-state index in [0.29, 0.717) is 31.4 Å². The van der Waals surface area contributed by atoms with Crippen LogP contribution in [0.15, 0.2) is 30.5 Å². The maximum absolute atomic E-state index is 12.9. The van der Waals surface area contributed by atoms with Gasteiger partial charge >= 0.3 is 5.97 Å². The number of benzene rings is 1. The van der Waals surface area contributed by atoms with Crippen LogP contribution in [0.25, 0.3) is 10.9 Å². The predicted octanol–water partition coefficient (Wildman–Crippen LogP) is -0.984. The van der Waals surface area contributed by atoms with E-state index in [1.54, 1.807) is 6.20 Å². The number of H-pyrrole nitrogens is 1. The number of nitrogens with one attached hydrogen (secondary N) is 4. The topological polar surface area (TPSA) is 213 Å². The summed E-state index contributed by atoms with van der Waals surface area (Å²) in [7, 11) is 0. The van der Waals surface area contributed by atoms with Crippen molar-refractivity contribution in [2.24, 2.45) is 11.5 Å². The van der Waals surface area contributed by atoms with Gasteiger partial charge in [-0.15, -0.1) is 0 Å². The number of carbonyl (C=O) groups excluding carboxylic acids is 3. The molecule has 0 aliphatic rings. The Morgan fingerprint density at radius 1 is 1.03 bits per heavy atom. The number of amides is 3. The third kappa shape index (κ3) is 8.74. The number of aromatic nitrogens is 1. The molecule has 0 spiro atoms. The van der Waals surface area contributed by atoms with Crippen molar-refractivity contribution in [2.45, 2.75) is 62.9 Å². The maximum atomic E-state index is 12.9. The first-order chi connectivity index (χ1) is 17.6. The standard InChI is InChI=1S/C24H36N6O6S/c1-13(31)20(30-21(32)16(26)7-4-5-9-25)23(34)29-19(12-37)22(33)28-18(24(35)36)10-14-11-27-17-8-3-2-6-15(14)17/h2-3,6,8,11,13,16,18-20,27,31,37H,4-5,7,9-10,12,25-26H2,1H3,(H,28,33)(H,29,34)(H,30,32)(H,35,36). The van der Waals surface area contributed by atoms with Gasteiger partial charge in [-0.25, -0.2) is 4.79 Å². The van der Waals surface area contributed by atoms with Crippen LogP contribution in [-0.2, 0) is 25.6 Å². The number of carbonyl (C=O) groups is 4. The zero-order chi connectivity index (χ0) is 27.5. The number of aromatic amines is 1. The molecular formula is C24H36N6O6S. The molecule has 2 rings (SSSR count). The highest BCUT2D eigenvalue weighted by atomic mass is 32.1. The summed E-state index contributed by atoms with van der Waals surface area (Å²) in [6.07, 6.45) is 2.07. The fourth-order valence-corrected chi connectivity index (χ4v) is 4.01. The molecule has 13 heteroatoms. The lowest BCUT2D eigenvalue weighted by molar-refractivity contribution is -0.142. The number of aliphatic carboxylic acids is 1. The Balaban J connectivity index is 2.04. The van der Waals surface area contributed by atoms with Crippen LogP contribution >= 0.6 is 12.6 Å². The van der Waals surface area contributed by atoms with Gasteiger partial charge in [0, 0.05) is 29.3 Å². The third-order valence-electron chi connectivity index (χ3n) is 5.90. The molecule has 5 unspecified atom stereocenters. The average molecular weight is 537 g/mol. The van der Waals surface area contributed by atoms with Crippen LogP contribution in [0.1, 0.15) is 31.7 Å². The van der Waals surface area contributed by atoms with Crippen molar-refractivity contribution in [2.75, 3.05) is 12.3 Å². The van der Waals surface area contributed by atoms with Gasteiger partial charge in [0.05, 0.1) is 12.1 Å². The summed E-state index contributed by atoms with van der Waals surface area (Å²) < 4.78 is 0. The summed E-state index contributed by atoms with van der Waals surface area (Å²) in [6, 6.07) is 2.58. The lowest BCUT2D eigenvalue weighted by Gasteiger charge is -2.26. The number of aliphatic hydroxyl groups excluding tert-OH is 1. The molecule has 0 aliphatic heterocycles. The molecular weight excluding hydrogens is 500 g/mol. The van der Waals surface area contributed by atoms with Gasteiger partial charge in [-0.05, 0) is 37.9 Å². The Labute approximate surface area is 220 Å². The van der Waals surface area contributed by atoms with E-state index in [2.05, 4.69) is 33.6 Å². The fourth-order valence-electron chi connectivity index (χ4n) is 3.75. The first-order valence-corrected chi connectivity index (χ1v) is 12.7. The minimum absolute atomic E-state index is 0.00667. The number of hydrogen-bond donors (Lipinski definition) is 9. The van der Waals surface area contributed by atoms with Crippen molar-refractivity contribution in [3.63, 3.8) is 0 Å². The van der Waals surface area contributed by atoms with E-state index in [1.165, 1.54) is 6.92 Å². The Kier molecular flexibility index (Phi) is 11.9. The Morgan fingerprint density at radius 3 is 2.32 bits per heavy atom. The summed E-state index contributed by atoms with van der Waals surface area (Å²) in [5, 5.41) is 27.8. The van der Waals surface area contributed by atoms with Gasteiger partial charge in [0.25, 0.3) is 0 Å². The molecule has 1 heterocycles. The molecule has 0 aliphatic carbocycles. The zero-order valence-electron chi connectivity index (χ0n) is 20.6. The SMILES string of the molecule is CC(O)C(NC(=O)C(N)CCCCN)C(=O)NC(CS)C(=O)NC(Cc1c[nH]c2ccccc12)C(=O)O. The fraction of sp³-hybridized carbons (Fsp3) is 0.500. The van der Waals surface area contributed by atoms with Gasteiger partial charge in [0.15, 0.2) is 0 Å². The first-order valence-electron chi connectivity index (χ1n) is 12.0. The van der Waals surface area contributed by atoms with Crippen molar-refractivity contribution in [3.8, 4) is 0 Å². The Hall–Kier alpha value is -3.13. The van der Waals surface area contributed by atoms with Crippen molar-refractivity contribution in [1.82, 2.24) is 20.9 Å². The number of rotatable bonds is 15. The molecule has 0 bridgehead atoms. The molecule has 0 fully saturated rings. The van der Waals surface area contributed by atoms with Crippen molar-refractivity contribution >= 4 is 47.2 Å². The van der Waals surface area contributed by atoms with Gasteiger partial charge in [-0.3, -0.25) is 14.4 Å². The number of unbranched alkanes of at least 4 members (excludes halogenated alkanes) is 1. The van der Waals surface area contributed by atoms with E-state index in [0.717, 1.165) is 10.9 Å². The van der Waals surface area contributed by atoms with Crippen LogP contribution in [0.2, 0.25) is 0 Å². The van der Waals surface area contributed by atoms with Crippen LogP contribution < -0.4 is 27.4 Å². The second-order valence-corrected chi connectivity index (χ2v) is 9.19. The molecule has 37 heavy (non-hydrogen) atoms. The Morgan fingerprint density at radius 2 is 1.70 bits per heavy atom. The van der Waals surface area contributed by atoms with E-state index in [4.69, 9.17) is 11.5 Å². The second kappa shape index (κ2) is 14.6. The number of carboxylic acids is 1. The highest BCUT2D eigenvalue weighted by molar-refractivity contribution is 7.80. The highest BCUT2D eigenvalue weighted by Crippen LogP contribution is 2.19. The van der Waals surface area contributed by atoms with E-state index < -0.39 is 54.0 Å². The smallest absolute Gasteiger partial charge is 0.326 e. The van der Waals surface area contributed by atoms with Gasteiger partial charge in [0.1, 0.15) is 18.1 Å². The van der Waals surface area contributed by atoms with E-state index in [1.807, 2.05) is 24.3 Å². The highest BCUT2D eigenvalue weighted by Gasteiger charge is 2.32. The first kappa shape index (κ1) is 30.1. The largest absolute Gasteiger partial charge is 0.480 e. The molecule has 1 aromatic carbocycles. The Bertz CT molecular complexity index is 1080. The van der Waals surface area contributed by atoms with Crippen molar-refractivity contribution < 1.29 is 29.4 Å². The van der Waals surface area contributed by atoms with Crippen molar-refractivity contribution in [1.29, 1.82) is 0 Å². The third-order valence-corrected chi connectivity index (χ3v) is 6.26. The van der Waals surface area contributed by atoms with Crippen LogP contribution in [0.4, 0.5) is 0 Å². The van der Waals surface area contributed by atoms with Gasteiger partial charge in [-0.1, -0.05) is 24.6 Å². The predicted molar refractivity (Wildman–Crippen MR) is 142 cm³/mol. The molecule has 3 amide bonds. The lowest BCUT2D eigenvalue weighted by Crippen LogP contribution is -2.60. The van der Waals surface area contributed by atoms with Gasteiger partial charge in [0.2, 0.25) is 17.7 Å². The van der Waals surface area contributed by atoms with Crippen LogP contribution in [0, 0.1) is 0 Å². The van der Waals surface area contributed by atoms with E-state index in [-0.39, 0.29) is 12.2 Å². The van der Waals surface area contributed by atoms with Crippen LogP contribution in [-0.4, -0.2) is 81.5 Å². The lowest BCUT2D eigenvalue weighted by atomic mass is 10.0. The van der Waals surface area contributed by atoms with E-state index in [9.17, 15) is 29.4 Å². The van der Waals surface area contributed by atoms with Crippen molar-refractivity contribution in [3.05, 3.63) is 36.0 Å². The number of fused-ring (bicyclic) bond motifs is 1. The summed E-state index contributed by atoms with van der Waals surface area (Å²) in [5.41, 5.74) is 12.8. The van der Waals surface area contributed by atoms with Gasteiger partial charge in [-0.2, -0.15) is 12.6 Å². The molecule has 10 N–H and O–H groups in total. The number of carboxylic acid groups (broad SMARTS) is 1. The minimum Gasteiger partial charge on any atom is -0.480 e. The summed E-state index contributed by atoms with van der Waals surface area (Å²) in [6.45, 7) is 1.77. The number of thiol groups is 1. The molecule has 0 saturated carbocycles. The summed E-state index contributed by atoms with van der Waals surface area (Å²) in [4.78, 5) is 53.0.